The van der Waals surface area contributed by atoms with E-state index >= 15 is 0 Å². The number of aliphatic imine (C=N–C) groups is 1. The lowest BCUT2D eigenvalue weighted by Gasteiger charge is -2.26. The minimum absolute atomic E-state index is 0.0702. The van der Waals surface area contributed by atoms with Crippen LogP contribution < -0.4 is 0 Å². The molecule has 1 aliphatic heterocycles. The number of fused-ring (bicyclic) bond motifs is 1. The minimum atomic E-state index is -0.375. The van der Waals surface area contributed by atoms with E-state index in [0.29, 0.717) is 16.5 Å². The maximum atomic E-state index is 14.1. The molecule has 5 heteroatoms. The molecule has 4 rings (SSSR count). The molecule has 4 nitrogen and oxygen atoms in total. The number of unbranched alkanes of at least 4 members (excludes halogenated alkanes) is 1. The monoisotopic (exact) mass is 393 g/mol. The average Bonchev–Trinajstić information content (AvgIpc) is 3.07. The first kappa shape index (κ1) is 19.6. The van der Waals surface area contributed by atoms with E-state index < -0.39 is 0 Å². The summed E-state index contributed by atoms with van der Waals surface area (Å²) < 4.78 is 14.1. The molecule has 2 heterocycles. The molecule has 0 atom stereocenters. The van der Waals surface area contributed by atoms with Gasteiger partial charge >= 0.3 is 0 Å². The zero-order chi connectivity index (χ0) is 20.1. The second-order valence-corrected chi connectivity index (χ2v) is 7.83. The van der Waals surface area contributed by atoms with E-state index in [9.17, 15) is 9.50 Å². The van der Waals surface area contributed by atoms with Gasteiger partial charge in [0.05, 0.1) is 16.8 Å². The zero-order valence-electron chi connectivity index (χ0n) is 16.7. The first-order valence-corrected chi connectivity index (χ1v) is 10.6. The van der Waals surface area contributed by atoms with Gasteiger partial charge in [0.1, 0.15) is 5.82 Å². The van der Waals surface area contributed by atoms with Crippen molar-refractivity contribution in [2.24, 2.45) is 4.99 Å². The van der Waals surface area contributed by atoms with Crippen molar-refractivity contribution in [3.05, 3.63) is 59.4 Å². The van der Waals surface area contributed by atoms with Crippen molar-refractivity contribution >= 4 is 22.8 Å². The third-order valence-corrected chi connectivity index (χ3v) is 5.71. The van der Waals surface area contributed by atoms with E-state index in [1.807, 2.05) is 12.1 Å². The van der Waals surface area contributed by atoms with Crippen LogP contribution in [0.1, 0.15) is 43.2 Å². The Balaban J connectivity index is 1.33. The number of aryl methyl sites for hydroxylation is 1. The Bertz CT molecular complexity index is 972. The van der Waals surface area contributed by atoms with Crippen LogP contribution in [0.5, 0.6) is 5.88 Å². The molecule has 2 N–H and O–H groups in total. The number of nitrogens with one attached hydrogen (secondary N) is 1. The minimum Gasteiger partial charge on any atom is -0.494 e. The van der Waals surface area contributed by atoms with Gasteiger partial charge in [-0.15, -0.1) is 0 Å². The van der Waals surface area contributed by atoms with Crippen LogP contribution in [0.4, 0.5) is 10.1 Å². The van der Waals surface area contributed by atoms with Crippen LogP contribution in [-0.4, -0.2) is 40.8 Å². The van der Waals surface area contributed by atoms with Gasteiger partial charge in [0.25, 0.3) is 0 Å². The fourth-order valence-electron chi connectivity index (χ4n) is 4.08. The van der Waals surface area contributed by atoms with Crippen LogP contribution in [0.2, 0.25) is 0 Å². The molecule has 0 spiro atoms. The Kier molecular flexibility index (Phi) is 6.25. The highest BCUT2D eigenvalue weighted by Gasteiger charge is 2.12. The number of piperidine rings is 1. The molecule has 0 aliphatic carbocycles. The Morgan fingerprint density at radius 3 is 2.62 bits per heavy atom. The summed E-state index contributed by atoms with van der Waals surface area (Å²) in [5.41, 5.74) is 3.03. The number of halogens is 1. The van der Waals surface area contributed by atoms with Gasteiger partial charge in [-0.2, -0.15) is 0 Å². The summed E-state index contributed by atoms with van der Waals surface area (Å²) in [6.45, 7) is 3.75. The normalized spacial score (nSPS) is 15.5. The fourth-order valence-corrected chi connectivity index (χ4v) is 4.08. The van der Waals surface area contributed by atoms with Crippen molar-refractivity contribution in [2.75, 3.05) is 19.6 Å². The molecule has 0 bridgehead atoms. The number of H-pyrrole nitrogens is 1. The highest BCUT2D eigenvalue weighted by Crippen LogP contribution is 2.28. The average molecular weight is 394 g/mol. The standard InChI is InChI=1S/C24H28FN3O/c25-21-8-6-9-22-23(21)20(24(29)27-22)17-26-19-12-10-18(11-13-19)7-2-5-16-28-14-3-1-4-15-28/h6,8-13,17,27,29H,1-5,7,14-16H2. The largest absolute Gasteiger partial charge is 0.494 e. The van der Waals surface area contributed by atoms with E-state index in [0.717, 1.165) is 12.1 Å². The summed E-state index contributed by atoms with van der Waals surface area (Å²) in [5.74, 6) is -0.445. The number of aromatic hydroxyl groups is 1. The third-order valence-electron chi connectivity index (χ3n) is 5.71. The fraction of sp³-hybridized carbons (Fsp3) is 0.375. The Labute approximate surface area is 171 Å². The van der Waals surface area contributed by atoms with Crippen LogP contribution in [0, 0.1) is 5.82 Å². The predicted molar refractivity (Wildman–Crippen MR) is 117 cm³/mol. The van der Waals surface area contributed by atoms with Gasteiger partial charge in [0.2, 0.25) is 0 Å². The van der Waals surface area contributed by atoms with Crippen LogP contribution in [0.25, 0.3) is 10.9 Å². The molecule has 1 aromatic heterocycles. The topological polar surface area (TPSA) is 51.6 Å². The number of aromatic nitrogens is 1. The summed E-state index contributed by atoms with van der Waals surface area (Å²) in [4.78, 5) is 9.80. The smallest absolute Gasteiger partial charge is 0.198 e. The molecule has 152 valence electrons. The lowest BCUT2D eigenvalue weighted by Crippen LogP contribution is -2.30. The number of rotatable bonds is 7. The molecule has 0 radical (unpaired) electrons. The molecule has 0 amide bonds. The lowest BCUT2D eigenvalue weighted by molar-refractivity contribution is 0.225. The number of benzene rings is 2. The zero-order valence-corrected chi connectivity index (χ0v) is 16.7. The van der Waals surface area contributed by atoms with E-state index in [1.54, 1.807) is 12.1 Å². The molecular weight excluding hydrogens is 365 g/mol. The number of hydrogen-bond acceptors (Lipinski definition) is 3. The van der Waals surface area contributed by atoms with E-state index in [4.69, 9.17) is 0 Å². The first-order chi connectivity index (χ1) is 14.2. The van der Waals surface area contributed by atoms with Crippen LogP contribution >= 0.6 is 0 Å². The van der Waals surface area contributed by atoms with Gasteiger partial charge in [-0.05, 0) is 81.6 Å². The summed E-state index contributed by atoms with van der Waals surface area (Å²) in [6.07, 6.45) is 9.13. The number of aromatic amines is 1. The first-order valence-electron chi connectivity index (χ1n) is 10.6. The van der Waals surface area contributed by atoms with Gasteiger partial charge in [0, 0.05) is 11.6 Å². The predicted octanol–water partition coefficient (Wildman–Crippen LogP) is 5.57. The SMILES string of the molecule is Oc1[nH]c2cccc(F)c2c1C=Nc1ccc(CCCCN2CCCCC2)cc1. The van der Waals surface area contributed by atoms with E-state index in [1.165, 1.54) is 69.6 Å². The van der Waals surface area contributed by atoms with E-state index in [2.05, 4.69) is 27.0 Å². The van der Waals surface area contributed by atoms with Crippen LogP contribution in [-0.2, 0) is 6.42 Å². The third kappa shape index (κ3) is 4.85. The molecular formula is C24H28FN3O. The van der Waals surface area contributed by atoms with Crippen LogP contribution in [0.3, 0.4) is 0 Å². The Morgan fingerprint density at radius 2 is 1.83 bits per heavy atom. The Morgan fingerprint density at radius 1 is 1.03 bits per heavy atom. The molecule has 2 aromatic carbocycles. The van der Waals surface area contributed by atoms with Gasteiger partial charge in [0.15, 0.2) is 5.88 Å². The molecule has 1 fully saturated rings. The van der Waals surface area contributed by atoms with E-state index in [-0.39, 0.29) is 11.7 Å². The second-order valence-electron chi connectivity index (χ2n) is 7.83. The molecule has 29 heavy (non-hydrogen) atoms. The number of likely N-dealkylation sites (tertiary alicyclic amines) is 1. The van der Waals surface area contributed by atoms with Crippen molar-refractivity contribution in [1.29, 1.82) is 0 Å². The Hall–Kier alpha value is -2.66. The highest BCUT2D eigenvalue weighted by molar-refractivity contribution is 6.02. The lowest BCUT2D eigenvalue weighted by atomic mass is 10.1. The molecule has 1 aliphatic rings. The van der Waals surface area contributed by atoms with Gasteiger partial charge < -0.3 is 15.0 Å². The summed E-state index contributed by atoms with van der Waals surface area (Å²) in [5, 5.41) is 10.4. The second kappa shape index (κ2) is 9.23. The van der Waals surface area contributed by atoms with Crippen molar-refractivity contribution in [1.82, 2.24) is 9.88 Å². The van der Waals surface area contributed by atoms with Crippen molar-refractivity contribution in [3.8, 4) is 5.88 Å². The molecule has 3 aromatic rings. The number of nitrogens with zero attached hydrogens (tertiary/aromatic N) is 2. The summed E-state index contributed by atoms with van der Waals surface area (Å²) in [7, 11) is 0. The van der Waals surface area contributed by atoms with Gasteiger partial charge in [-0.25, -0.2) is 4.39 Å². The molecule has 1 saturated heterocycles. The molecule has 0 saturated carbocycles. The summed E-state index contributed by atoms with van der Waals surface area (Å²) >= 11 is 0. The number of hydrogen-bond donors (Lipinski definition) is 2. The molecule has 0 unspecified atom stereocenters. The van der Waals surface area contributed by atoms with Crippen molar-refractivity contribution in [3.63, 3.8) is 0 Å². The highest BCUT2D eigenvalue weighted by atomic mass is 19.1. The van der Waals surface area contributed by atoms with Crippen LogP contribution in [0.15, 0.2) is 47.5 Å². The van der Waals surface area contributed by atoms with Crippen molar-refractivity contribution < 1.29 is 9.50 Å². The maximum Gasteiger partial charge on any atom is 0.198 e. The van der Waals surface area contributed by atoms with Crippen molar-refractivity contribution in [2.45, 2.75) is 38.5 Å². The van der Waals surface area contributed by atoms with Gasteiger partial charge in [-0.1, -0.05) is 24.6 Å². The quantitative estimate of drug-likeness (QED) is 0.407. The summed E-state index contributed by atoms with van der Waals surface area (Å²) in [6, 6.07) is 12.9. The maximum absolute atomic E-state index is 14.1. The van der Waals surface area contributed by atoms with Gasteiger partial charge in [-0.3, -0.25) is 4.99 Å².